The summed E-state index contributed by atoms with van der Waals surface area (Å²) in [5, 5.41) is 20.6. The molecule has 4 N–H and O–H groups in total. The van der Waals surface area contributed by atoms with Gasteiger partial charge in [-0.3, -0.25) is 5.43 Å². The number of allylic oxidation sites excluding steroid dienone is 1. The summed E-state index contributed by atoms with van der Waals surface area (Å²) >= 11 is 6.09. The van der Waals surface area contributed by atoms with Crippen LogP contribution in [0, 0.1) is 0 Å². The highest BCUT2D eigenvalue weighted by atomic mass is 35.5. The van der Waals surface area contributed by atoms with Crippen LogP contribution in [0.5, 0.6) is 23.0 Å². The molecule has 45 heavy (non-hydrogen) atoms. The van der Waals surface area contributed by atoms with E-state index in [2.05, 4.69) is 21.2 Å². The third-order valence-corrected chi connectivity index (χ3v) is 6.84. The number of rotatable bonds is 14. The molecule has 1 heterocycles. The first-order valence-electron chi connectivity index (χ1n) is 14.0. The van der Waals surface area contributed by atoms with Crippen molar-refractivity contribution in [3.63, 3.8) is 0 Å². The number of esters is 1. The Morgan fingerprint density at radius 3 is 2.60 bits per heavy atom. The Morgan fingerprint density at radius 1 is 1.07 bits per heavy atom. The Balaban J connectivity index is 1.42. The lowest BCUT2D eigenvalue weighted by Crippen LogP contribution is -2.45. The number of hydrazone groups is 1. The van der Waals surface area contributed by atoms with Crippen molar-refractivity contribution in [3.05, 3.63) is 93.6 Å². The summed E-state index contributed by atoms with van der Waals surface area (Å²) in [4.78, 5) is 24.6. The van der Waals surface area contributed by atoms with E-state index in [0.29, 0.717) is 51.5 Å². The van der Waals surface area contributed by atoms with Crippen LogP contribution in [0.2, 0.25) is 5.02 Å². The van der Waals surface area contributed by atoms with E-state index in [4.69, 9.17) is 35.3 Å². The highest BCUT2D eigenvalue weighted by Crippen LogP contribution is 2.35. The van der Waals surface area contributed by atoms with Crippen molar-refractivity contribution in [2.75, 3.05) is 27.4 Å². The van der Waals surface area contributed by atoms with Crippen LogP contribution in [-0.4, -0.2) is 57.0 Å². The van der Waals surface area contributed by atoms with E-state index >= 15 is 0 Å². The molecule has 0 spiro atoms. The lowest BCUT2D eigenvalue weighted by molar-refractivity contribution is -0.136. The molecule has 1 aliphatic heterocycles. The molecule has 1 aliphatic rings. The van der Waals surface area contributed by atoms with E-state index in [1.54, 1.807) is 56.5 Å². The van der Waals surface area contributed by atoms with Gasteiger partial charge in [-0.15, -0.1) is 0 Å². The molecule has 13 heteroatoms. The van der Waals surface area contributed by atoms with Crippen molar-refractivity contribution in [1.82, 2.24) is 16.1 Å². The molecule has 0 aromatic heterocycles. The minimum absolute atomic E-state index is 0.177. The first kappa shape index (κ1) is 33.0. The quantitative estimate of drug-likeness (QED) is 0.0870. The van der Waals surface area contributed by atoms with Crippen LogP contribution in [0.4, 0.5) is 4.79 Å². The standard InChI is InChI=1S/C32H35ClN4O8/c1-5-43-26-15-21(29-28(31(39)42-4)19(2)35-32(40)36-29)12-13-24(26)44-18-27(38)37-34-16-22-9-7-11-25(41-3)30(22)45-17-20-8-6-10-23(33)14-20/h6-16,27,29,37-38H,5,17-18H2,1-4H3,(H2,35,36,40)/b34-16+/t27-,29-/m0/s1. The lowest BCUT2D eigenvalue weighted by atomic mass is 9.95. The second-order valence-electron chi connectivity index (χ2n) is 9.71. The summed E-state index contributed by atoms with van der Waals surface area (Å²) < 4.78 is 28.0. The second-order valence-corrected chi connectivity index (χ2v) is 10.1. The second kappa shape index (κ2) is 15.7. The van der Waals surface area contributed by atoms with Crippen LogP contribution < -0.4 is 35.0 Å². The van der Waals surface area contributed by atoms with Crippen molar-refractivity contribution < 1.29 is 38.4 Å². The molecule has 12 nitrogen and oxygen atoms in total. The number of methoxy groups -OCH3 is 2. The Hall–Kier alpha value is -4.94. The number of benzene rings is 3. The molecule has 0 fully saturated rings. The topological polar surface area (TPSA) is 149 Å². The van der Waals surface area contributed by atoms with Crippen LogP contribution in [0.3, 0.4) is 0 Å². The smallest absolute Gasteiger partial charge is 0.337 e. The highest BCUT2D eigenvalue weighted by Gasteiger charge is 2.32. The average molecular weight is 639 g/mol. The molecule has 0 radical (unpaired) electrons. The minimum Gasteiger partial charge on any atom is -0.493 e. The Labute approximate surface area is 265 Å². The molecule has 2 amide bonds. The normalized spacial score (nSPS) is 15.2. The predicted molar refractivity (Wildman–Crippen MR) is 168 cm³/mol. The highest BCUT2D eigenvalue weighted by molar-refractivity contribution is 6.30. The van der Waals surface area contributed by atoms with Crippen LogP contribution in [0.1, 0.15) is 36.6 Å². The fourth-order valence-electron chi connectivity index (χ4n) is 4.55. The van der Waals surface area contributed by atoms with E-state index in [1.807, 2.05) is 25.1 Å². The largest absolute Gasteiger partial charge is 0.493 e. The van der Waals surface area contributed by atoms with Gasteiger partial charge in [0.2, 0.25) is 0 Å². The van der Waals surface area contributed by atoms with Crippen molar-refractivity contribution in [2.24, 2.45) is 5.10 Å². The molecular weight excluding hydrogens is 604 g/mol. The number of carbonyl (C=O) groups is 2. The van der Waals surface area contributed by atoms with Crippen LogP contribution in [0.15, 0.2) is 77.0 Å². The zero-order valence-corrected chi connectivity index (χ0v) is 26.0. The van der Waals surface area contributed by atoms with Gasteiger partial charge in [-0.2, -0.15) is 5.10 Å². The number of nitrogens with one attached hydrogen (secondary N) is 3. The molecule has 0 aliphatic carbocycles. The number of amides is 2. The van der Waals surface area contributed by atoms with Crippen LogP contribution in [0.25, 0.3) is 0 Å². The molecular formula is C32H35ClN4O8. The van der Waals surface area contributed by atoms with E-state index in [-0.39, 0.29) is 18.8 Å². The molecule has 3 aromatic carbocycles. The van der Waals surface area contributed by atoms with Crippen molar-refractivity contribution in [2.45, 2.75) is 32.7 Å². The van der Waals surface area contributed by atoms with Crippen LogP contribution in [-0.2, 0) is 16.1 Å². The van der Waals surface area contributed by atoms with Gasteiger partial charge in [0.05, 0.1) is 38.7 Å². The molecule has 0 saturated heterocycles. The molecule has 0 bridgehead atoms. The zero-order chi connectivity index (χ0) is 32.3. The van der Waals surface area contributed by atoms with Gasteiger partial charge in [-0.1, -0.05) is 35.9 Å². The Bertz CT molecular complexity index is 1580. The number of halogens is 1. The van der Waals surface area contributed by atoms with E-state index < -0.39 is 24.3 Å². The van der Waals surface area contributed by atoms with Crippen LogP contribution >= 0.6 is 11.6 Å². The van der Waals surface area contributed by atoms with Gasteiger partial charge in [0.1, 0.15) is 13.2 Å². The maximum atomic E-state index is 12.5. The lowest BCUT2D eigenvalue weighted by Gasteiger charge is -2.28. The monoisotopic (exact) mass is 638 g/mol. The Morgan fingerprint density at radius 2 is 1.87 bits per heavy atom. The van der Waals surface area contributed by atoms with Crippen molar-refractivity contribution in [3.8, 4) is 23.0 Å². The maximum Gasteiger partial charge on any atom is 0.337 e. The molecule has 0 saturated carbocycles. The van der Waals surface area contributed by atoms with Gasteiger partial charge >= 0.3 is 12.0 Å². The van der Waals surface area contributed by atoms with Gasteiger partial charge in [0.25, 0.3) is 0 Å². The number of para-hydroxylation sites is 1. The third-order valence-electron chi connectivity index (χ3n) is 6.60. The van der Waals surface area contributed by atoms with Gasteiger partial charge in [0.15, 0.2) is 29.2 Å². The number of nitrogens with zero attached hydrogens (tertiary/aromatic N) is 1. The summed E-state index contributed by atoms with van der Waals surface area (Å²) in [5.74, 6) is 1.12. The average Bonchev–Trinajstić information content (AvgIpc) is 3.02. The summed E-state index contributed by atoms with van der Waals surface area (Å²) in [7, 11) is 2.82. The number of aliphatic hydroxyl groups is 1. The number of hydrogen-bond donors (Lipinski definition) is 4. The number of ether oxygens (including phenoxy) is 5. The fourth-order valence-corrected chi connectivity index (χ4v) is 4.76. The third kappa shape index (κ3) is 8.58. The molecule has 3 aromatic rings. The SMILES string of the molecule is CCOc1cc([C@@H]2NC(=O)NC(C)=C2C(=O)OC)ccc1OC[C@H](O)N/N=C/c1cccc(OC)c1OCc1cccc(Cl)c1. The van der Waals surface area contributed by atoms with Gasteiger partial charge < -0.3 is 39.4 Å². The minimum atomic E-state index is -1.18. The van der Waals surface area contributed by atoms with Gasteiger partial charge in [-0.05, 0) is 61.4 Å². The summed E-state index contributed by atoms with van der Waals surface area (Å²) in [5.41, 5.74) is 5.36. The van der Waals surface area contributed by atoms with Crippen molar-refractivity contribution in [1.29, 1.82) is 0 Å². The summed E-state index contributed by atoms with van der Waals surface area (Å²) in [6.45, 7) is 3.84. The Kier molecular flexibility index (Phi) is 11.5. The number of hydrogen-bond acceptors (Lipinski definition) is 10. The van der Waals surface area contributed by atoms with E-state index in [9.17, 15) is 14.7 Å². The number of carbonyl (C=O) groups excluding carboxylic acids is 2. The molecule has 238 valence electrons. The predicted octanol–water partition coefficient (Wildman–Crippen LogP) is 4.45. The fraction of sp³-hybridized carbons (Fsp3) is 0.281. The molecule has 0 unspecified atom stereocenters. The number of aliphatic hydroxyl groups excluding tert-OH is 1. The first-order valence-corrected chi connectivity index (χ1v) is 14.4. The first-order chi connectivity index (χ1) is 21.7. The van der Waals surface area contributed by atoms with E-state index in [1.165, 1.54) is 13.3 Å². The summed E-state index contributed by atoms with van der Waals surface area (Å²) in [6.07, 6.45) is 0.318. The number of urea groups is 1. The van der Waals surface area contributed by atoms with Crippen molar-refractivity contribution >= 4 is 29.8 Å². The van der Waals surface area contributed by atoms with Gasteiger partial charge in [0, 0.05) is 16.3 Å². The maximum absolute atomic E-state index is 12.5. The summed E-state index contributed by atoms with van der Waals surface area (Å²) in [6, 6.07) is 16.5. The van der Waals surface area contributed by atoms with E-state index in [0.717, 1.165) is 5.56 Å². The van der Waals surface area contributed by atoms with Gasteiger partial charge in [-0.25, -0.2) is 9.59 Å². The molecule has 2 atom stereocenters. The molecule has 4 rings (SSSR count). The zero-order valence-electron chi connectivity index (χ0n) is 25.3.